The molecule has 0 fully saturated rings. The first-order valence-corrected chi connectivity index (χ1v) is 10.1. The maximum Gasteiger partial charge on any atom is 0.341 e. The molecule has 0 unspecified atom stereocenters. The molecule has 0 spiro atoms. The fraction of sp³-hybridized carbons (Fsp3) is 0.688. The molecule has 0 aliphatic rings. The lowest BCUT2D eigenvalue weighted by Crippen LogP contribution is -2.30. The topological polar surface area (TPSA) is 91.3 Å². The Morgan fingerprint density at radius 2 is 2.04 bits per heavy atom. The zero-order chi connectivity index (χ0) is 17.9. The summed E-state index contributed by atoms with van der Waals surface area (Å²) in [6, 6.07) is -0.388. The first-order chi connectivity index (χ1) is 11.5. The summed E-state index contributed by atoms with van der Waals surface area (Å²) >= 11 is 2.46. The standard InChI is InChI=1S/C16H27N3O3S2/c1-4-5-6-7-10-23-14-12(15(20)21)13(24-19-14)18-16(22)17-9-8-11(2)3/h11H,4-10H2,1-3H3,(H,20,21)(H2,17,18,22). The van der Waals surface area contributed by atoms with Gasteiger partial charge in [0.25, 0.3) is 0 Å². The van der Waals surface area contributed by atoms with Gasteiger partial charge in [-0.15, -0.1) is 11.8 Å². The van der Waals surface area contributed by atoms with E-state index in [1.807, 2.05) is 0 Å². The van der Waals surface area contributed by atoms with Crippen LogP contribution >= 0.6 is 23.3 Å². The van der Waals surface area contributed by atoms with Crippen molar-refractivity contribution in [2.24, 2.45) is 5.92 Å². The maximum atomic E-state index is 11.9. The second kappa shape index (κ2) is 11.3. The third kappa shape index (κ3) is 7.53. The third-order valence-corrected chi connectivity index (χ3v) is 5.29. The quantitative estimate of drug-likeness (QED) is 0.387. The molecule has 0 bridgehead atoms. The van der Waals surface area contributed by atoms with Crippen molar-refractivity contribution in [3.8, 4) is 0 Å². The van der Waals surface area contributed by atoms with Crippen LogP contribution in [0.2, 0.25) is 0 Å². The van der Waals surface area contributed by atoms with Gasteiger partial charge in [-0.3, -0.25) is 5.32 Å². The van der Waals surface area contributed by atoms with Crippen LogP contribution in [0.1, 0.15) is 63.2 Å². The van der Waals surface area contributed by atoms with Crippen LogP contribution in [-0.4, -0.2) is 33.8 Å². The molecule has 0 saturated carbocycles. The molecule has 0 aliphatic carbocycles. The molecule has 1 heterocycles. The van der Waals surface area contributed by atoms with E-state index in [1.165, 1.54) is 24.6 Å². The molecular weight excluding hydrogens is 346 g/mol. The van der Waals surface area contributed by atoms with E-state index >= 15 is 0 Å². The van der Waals surface area contributed by atoms with Gasteiger partial charge >= 0.3 is 12.0 Å². The summed E-state index contributed by atoms with van der Waals surface area (Å²) in [5.74, 6) is 0.278. The summed E-state index contributed by atoms with van der Waals surface area (Å²) < 4.78 is 4.20. The predicted molar refractivity (Wildman–Crippen MR) is 100 cm³/mol. The van der Waals surface area contributed by atoms with Crippen LogP contribution in [0.4, 0.5) is 9.80 Å². The average molecular weight is 374 g/mol. The van der Waals surface area contributed by atoms with E-state index in [4.69, 9.17) is 0 Å². The number of thioether (sulfide) groups is 1. The molecule has 136 valence electrons. The molecule has 0 aliphatic heterocycles. The van der Waals surface area contributed by atoms with Crippen LogP contribution in [-0.2, 0) is 0 Å². The Bertz CT molecular complexity index is 533. The van der Waals surface area contributed by atoms with E-state index in [9.17, 15) is 14.7 Å². The van der Waals surface area contributed by atoms with E-state index in [0.717, 1.165) is 36.5 Å². The normalized spacial score (nSPS) is 10.8. The van der Waals surface area contributed by atoms with Crippen molar-refractivity contribution in [1.29, 1.82) is 0 Å². The van der Waals surface area contributed by atoms with Gasteiger partial charge in [0.2, 0.25) is 0 Å². The first-order valence-electron chi connectivity index (χ1n) is 8.36. The molecule has 6 nitrogen and oxygen atoms in total. The number of nitrogens with zero attached hydrogens (tertiary/aromatic N) is 1. The number of aromatic carboxylic acids is 1. The van der Waals surface area contributed by atoms with Crippen LogP contribution in [0.15, 0.2) is 5.03 Å². The van der Waals surface area contributed by atoms with Gasteiger partial charge in [-0.05, 0) is 36.0 Å². The SMILES string of the molecule is CCCCCCSc1nsc(NC(=O)NCCC(C)C)c1C(=O)O. The average Bonchev–Trinajstić information content (AvgIpc) is 2.89. The highest BCUT2D eigenvalue weighted by atomic mass is 32.2. The number of urea groups is 1. The minimum absolute atomic E-state index is 0.0968. The van der Waals surface area contributed by atoms with Crippen LogP contribution in [0.5, 0.6) is 0 Å². The van der Waals surface area contributed by atoms with Crippen molar-refractivity contribution >= 4 is 40.3 Å². The van der Waals surface area contributed by atoms with Gasteiger partial charge in [0.05, 0.1) is 0 Å². The molecule has 1 aromatic heterocycles. The number of hydrogen-bond acceptors (Lipinski definition) is 5. The van der Waals surface area contributed by atoms with Gasteiger partial charge in [0, 0.05) is 6.54 Å². The van der Waals surface area contributed by atoms with Crippen molar-refractivity contribution in [3.05, 3.63) is 5.56 Å². The molecule has 3 N–H and O–H groups in total. The molecule has 0 radical (unpaired) electrons. The Hall–Kier alpha value is -1.28. The molecule has 2 amide bonds. The highest BCUT2D eigenvalue weighted by Crippen LogP contribution is 2.32. The van der Waals surface area contributed by atoms with Gasteiger partial charge < -0.3 is 10.4 Å². The van der Waals surface area contributed by atoms with Crippen LogP contribution in [0, 0.1) is 5.92 Å². The molecular formula is C16H27N3O3S2. The lowest BCUT2D eigenvalue weighted by atomic mass is 10.1. The van der Waals surface area contributed by atoms with Crippen LogP contribution < -0.4 is 10.6 Å². The van der Waals surface area contributed by atoms with E-state index in [-0.39, 0.29) is 11.6 Å². The number of rotatable bonds is 11. The molecule has 1 aromatic rings. The predicted octanol–water partition coefficient (Wildman–Crippen LogP) is 4.68. The highest BCUT2D eigenvalue weighted by molar-refractivity contribution is 7.99. The molecule has 24 heavy (non-hydrogen) atoms. The number of amides is 2. The lowest BCUT2D eigenvalue weighted by molar-refractivity contribution is 0.0694. The second-order valence-electron chi connectivity index (χ2n) is 5.97. The number of unbranched alkanes of at least 4 members (excludes halogenated alkanes) is 3. The second-order valence-corrected chi connectivity index (χ2v) is 7.83. The first kappa shape index (κ1) is 20.8. The van der Waals surface area contributed by atoms with E-state index in [0.29, 0.717) is 22.5 Å². The van der Waals surface area contributed by atoms with Gasteiger partial charge in [0.15, 0.2) is 0 Å². The fourth-order valence-corrected chi connectivity index (χ4v) is 3.91. The van der Waals surface area contributed by atoms with E-state index in [1.54, 1.807) is 0 Å². The van der Waals surface area contributed by atoms with Gasteiger partial charge in [-0.2, -0.15) is 4.37 Å². The Kier molecular flexibility index (Phi) is 9.78. The van der Waals surface area contributed by atoms with Crippen molar-refractivity contribution in [2.45, 2.75) is 57.9 Å². The number of hydrogen-bond donors (Lipinski definition) is 3. The number of carbonyl (C=O) groups is 2. The summed E-state index contributed by atoms with van der Waals surface area (Å²) in [5, 5.41) is 15.5. The Labute approximate surface area is 152 Å². The minimum atomic E-state index is -1.06. The van der Waals surface area contributed by atoms with Crippen molar-refractivity contribution in [3.63, 3.8) is 0 Å². The fourth-order valence-electron chi connectivity index (χ4n) is 1.97. The monoisotopic (exact) mass is 373 g/mol. The van der Waals surface area contributed by atoms with E-state index < -0.39 is 5.97 Å². The minimum Gasteiger partial charge on any atom is -0.477 e. The van der Waals surface area contributed by atoms with Gasteiger partial charge in [-0.25, -0.2) is 9.59 Å². The third-order valence-electron chi connectivity index (χ3n) is 3.35. The zero-order valence-electron chi connectivity index (χ0n) is 14.6. The zero-order valence-corrected chi connectivity index (χ0v) is 16.2. The number of carbonyl (C=O) groups excluding carboxylic acids is 1. The molecule has 0 atom stereocenters. The Morgan fingerprint density at radius 3 is 2.67 bits per heavy atom. The highest BCUT2D eigenvalue weighted by Gasteiger charge is 2.22. The molecule has 1 rings (SSSR count). The number of carboxylic acids is 1. The Morgan fingerprint density at radius 1 is 1.29 bits per heavy atom. The lowest BCUT2D eigenvalue weighted by Gasteiger charge is -2.08. The number of carboxylic acid groups (broad SMARTS) is 1. The summed E-state index contributed by atoms with van der Waals surface area (Å²) in [5.41, 5.74) is 0.0968. The maximum absolute atomic E-state index is 11.9. The van der Waals surface area contributed by atoms with E-state index in [2.05, 4.69) is 35.8 Å². The summed E-state index contributed by atoms with van der Waals surface area (Å²) in [6.45, 7) is 6.87. The van der Waals surface area contributed by atoms with Crippen LogP contribution in [0.25, 0.3) is 0 Å². The Balaban J connectivity index is 2.58. The summed E-state index contributed by atoms with van der Waals surface area (Å²) in [4.78, 5) is 23.4. The van der Waals surface area contributed by atoms with Crippen LogP contribution in [0.3, 0.4) is 0 Å². The van der Waals surface area contributed by atoms with Crippen molar-refractivity contribution < 1.29 is 14.7 Å². The largest absolute Gasteiger partial charge is 0.477 e. The summed E-state index contributed by atoms with van der Waals surface area (Å²) in [7, 11) is 0. The summed E-state index contributed by atoms with van der Waals surface area (Å²) in [6.07, 6.45) is 5.40. The smallest absolute Gasteiger partial charge is 0.341 e. The van der Waals surface area contributed by atoms with Gasteiger partial charge in [-0.1, -0.05) is 40.0 Å². The number of aromatic nitrogens is 1. The number of nitrogens with one attached hydrogen (secondary N) is 2. The van der Waals surface area contributed by atoms with Crippen molar-refractivity contribution in [2.75, 3.05) is 17.6 Å². The number of anilines is 1. The van der Waals surface area contributed by atoms with Crippen molar-refractivity contribution in [1.82, 2.24) is 9.69 Å². The molecule has 8 heteroatoms. The molecule has 0 aromatic carbocycles. The molecule has 0 saturated heterocycles. The van der Waals surface area contributed by atoms with Gasteiger partial charge in [0.1, 0.15) is 15.6 Å².